The molecule has 0 fully saturated rings. The maximum absolute atomic E-state index is 8.87. The van der Waals surface area contributed by atoms with Crippen molar-refractivity contribution in [2.45, 2.75) is 6.92 Å². The van der Waals surface area contributed by atoms with Crippen LogP contribution >= 0.6 is 0 Å². The molecule has 0 aliphatic carbocycles. The van der Waals surface area contributed by atoms with Gasteiger partial charge in [0, 0.05) is 17.7 Å². The van der Waals surface area contributed by atoms with Crippen molar-refractivity contribution in [3.05, 3.63) is 23.9 Å². The Balaban J connectivity index is 3.25. The number of hydrogen-bond donors (Lipinski definition) is 2. The fourth-order valence-electron chi connectivity index (χ4n) is 0.595. The highest BCUT2D eigenvalue weighted by atomic mass is 16.5. The Morgan fingerprint density at radius 1 is 1.44 bits per heavy atom. The largest absolute Gasteiger partial charge is 0.457 e. The molecule has 0 unspecified atom stereocenters. The van der Waals surface area contributed by atoms with Crippen LogP contribution in [0.4, 0.5) is 0 Å². The van der Waals surface area contributed by atoms with Gasteiger partial charge in [-0.15, -0.1) is 0 Å². The molecule has 0 aliphatic heterocycles. The molecule has 48 valence electrons. The molecule has 0 radical (unpaired) electrons. The summed E-state index contributed by atoms with van der Waals surface area (Å²) in [5.41, 5.74) is 0.606. The normalized spacial score (nSPS) is 9.44. The predicted octanol–water partition coefficient (Wildman–Crippen LogP) is 0.225. The lowest BCUT2D eigenvalue weighted by atomic mass is 10.4. The van der Waals surface area contributed by atoms with Crippen molar-refractivity contribution in [1.29, 1.82) is 0 Å². The standard InChI is InChI=1S/C6H7NO2/c1-5-3-2-4-6(8)7(5)9/h2-4,9H,1H3/p+1. The Morgan fingerprint density at radius 3 is 2.56 bits per heavy atom. The monoisotopic (exact) mass is 126 g/mol. The first-order valence-corrected chi connectivity index (χ1v) is 2.61. The average Bonchev–Trinajstić information content (AvgIpc) is 1.83. The van der Waals surface area contributed by atoms with E-state index in [1.807, 2.05) is 0 Å². The number of pyridine rings is 1. The van der Waals surface area contributed by atoms with E-state index in [4.69, 9.17) is 10.3 Å². The summed E-state index contributed by atoms with van der Waals surface area (Å²) in [5.74, 6) is -0.144. The van der Waals surface area contributed by atoms with Gasteiger partial charge >= 0.3 is 5.88 Å². The van der Waals surface area contributed by atoms with Crippen LogP contribution in [0.3, 0.4) is 0 Å². The fourth-order valence-corrected chi connectivity index (χ4v) is 0.595. The van der Waals surface area contributed by atoms with Gasteiger partial charge in [0.05, 0.1) is 6.07 Å². The fraction of sp³-hybridized carbons (Fsp3) is 0.167. The summed E-state index contributed by atoms with van der Waals surface area (Å²) >= 11 is 0. The number of aromatic nitrogens is 1. The van der Waals surface area contributed by atoms with E-state index in [-0.39, 0.29) is 5.88 Å². The maximum atomic E-state index is 8.87. The topological polar surface area (TPSA) is 44.3 Å². The van der Waals surface area contributed by atoms with Crippen LogP contribution in [0, 0.1) is 6.92 Å². The van der Waals surface area contributed by atoms with E-state index < -0.39 is 0 Å². The third-order valence-corrected chi connectivity index (χ3v) is 1.13. The highest BCUT2D eigenvalue weighted by Gasteiger charge is 2.08. The smallest absolute Gasteiger partial charge is 0.414 e. The zero-order valence-corrected chi connectivity index (χ0v) is 5.07. The first-order valence-electron chi connectivity index (χ1n) is 2.61. The molecule has 1 aromatic rings. The number of nitrogens with zero attached hydrogens (tertiary/aromatic N) is 1. The Morgan fingerprint density at radius 2 is 2.11 bits per heavy atom. The van der Waals surface area contributed by atoms with Gasteiger partial charge < -0.3 is 5.11 Å². The van der Waals surface area contributed by atoms with Crippen molar-refractivity contribution in [1.82, 2.24) is 0 Å². The lowest BCUT2D eigenvalue weighted by Gasteiger charge is -1.88. The lowest BCUT2D eigenvalue weighted by Crippen LogP contribution is -2.33. The molecule has 0 bridgehead atoms. The Labute approximate surface area is 52.8 Å². The van der Waals surface area contributed by atoms with Crippen LogP contribution in [0.25, 0.3) is 0 Å². The van der Waals surface area contributed by atoms with Gasteiger partial charge in [0.2, 0.25) is 5.69 Å². The van der Waals surface area contributed by atoms with Crippen LogP contribution < -0.4 is 4.73 Å². The average molecular weight is 126 g/mol. The molecule has 1 rings (SSSR count). The summed E-state index contributed by atoms with van der Waals surface area (Å²) in [6.45, 7) is 1.69. The van der Waals surface area contributed by atoms with Crippen molar-refractivity contribution in [2.24, 2.45) is 0 Å². The second-order valence-electron chi connectivity index (χ2n) is 1.84. The molecular formula is C6H8NO2+. The van der Waals surface area contributed by atoms with Crippen LogP contribution in [-0.2, 0) is 0 Å². The Kier molecular flexibility index (Phi) is 1.26. The summed E-state index contributed by atoms with van der Waals surface area (Å²) in [4.78, 5) is 0. The molecule has 0 amide bonds. The van der Waals surface area contributed by atoms with E-state index in [1.54, 1.807) is 19.1 Å². The molecule has 2 N–H and O–H groups in total. The van der Waals surface area contributed by atoms with Gasteiger partial charge in [-0.3, -0.25) is 5.21 Å². The summed E-state index contributed by atoms with van der Waals surface area (Å²) in [7, 11) is 0. The molecule has 1 heterocycles. The minimum atomic E-state index is -0.144. The van der Waals surface area contributed by atoms with Gasteiger partial charge in [-0.25, -0.2) is 0 Å². The van der Waals surface area contributed by atoms with E-state index in [2.05, 4.69) is 0 Å². The van der Waals surface area contributed by atoms with Crippen molar-refractivity contribution < 1.29 is 15.0 Å². The molecule has 0 saturated carbocycles. The van der Waals surface area contributed by atoms with Gasteiger partial charge in [-0.05, 0) is 6.07 Å². The Hall–Kier alpha value is -1.25. The first-order chi connectivity index (χ1) is 4.22. The molecule has 0 atom stereocenters. The lowest BCUT2D eigenvalue weighted by molar-refractivity contribution is -0.910. The molecule has 9 heavy (non-hydrogen) atoms. The van der Waals surface area contributed by atoms with Crippen LogP contribution in [0.15, 0.2) is 18.2 Å². The highest BCUT2D eigenvalue weighted by molar-refractivity contribution is 5.04. The van der Waals surface area contributed by atoms with Crippen LogP contribution in [0.5, 0.6) is 5.88 Å². The van der Waals surface area contributed by atoms with Gasteiger partial charge in [-0.1, -0.05) is 0 Å². The SMILES string of the molecule is Cc1cccc(O)[n+]1O. The summed E-state index contributed by atoms with van der Waals surface area (Å²) in [6, 6.07) is 4.77. The molecule has 0 saturated heterocycles. The number of rotatable bonds is 0. The Bertz CT molecular complexity index is 202. The third kappa shape index (κ3) is 0.937. The molecule has 0 spiro atoms. The quantitative estimate of drug-likeness (QED) is 0.386. The molecule has 1 aromatic heterocycles. The molecule has 3 heteroatoms. The maximum Gasteiger partial charge on any atom is 0.414 e. The second kappa shape index (κ2) is 1.93. The van der Waals surface area contributed by atoms with Gasteiger partial charge in [0.1, 0.15) is 0 Å². The second-order valence-corrected chi connectivity index (χ2v) is 1.84. The summed E-state index contributed by atoms with van der Waals surface area (Å²) in [5, 5.41) is 17.7. The molecule has 0 aromatic carbocycles. The minimum Gasteiger partial charge on any atom is -0.457 e. The number of aromatic hydroxyl groups is 1. The van der Waals surface area contributed by atoms with E-state index >= 15 is 0 Å². The van der Waals surface area contributed by atoms with Crippen LogP contribution in [0.2, 0.25) is 0 Å². The van der Waals surface area contributed by atoms with Crippen molar-refractivity contribution >= 4 is 0 Å². The van der Waals surface area contributed by atoms with E-state index in [0.717, 1.165) is 4.73 Å². The third-order valence-electron chi connectivity index (χ3n) is 1.13. The highest BCUT2D eigenvalue weighted by Crippen LogP contribution is 1.98. The number of hydrogen-bond acceptors (Lipinski definition) is 2. The number of aryl methyl sites for hydroxylation is 1. The van der Waals surface area contributed by atoms with E-state index in [1.165, 1.54) is 6.07 Å². The molecule has 0 aliphatic rings. The molecule has 3 nitrogen and oxygen atoms in total. The van der Waals surface area contributed by atoms with Crippen molar-refractivity contribution in [3.63, 3.8) is 0 Å². The molecular weight excluding hydrogens is 118 g/mol. The van der Waals surface area contributed by atoms with Crippen molar-refractivity contribution in [2.75, 3.05) is 0 Å². The predicted molar refractivity (Wildman–Crippen MR) is 30.2 cm³/mol. The summed E-state index contributed by atoms with van der Waals surface area (Å²) in [6.07, 6.45) is 0. The zero-order chi connectivity index (χ0) is 6.85. The van der Waals surface area contributed by atoms with Gasteiger partial charge in [-0.2, -0.15) is 0 Å². The van der Waals surface area contributed by atoms with E-state index in [0.29, 0.717) is 5.69 Å². The minimum absolute atomic E-state index is 0.144. The van der Waals surface area contributed by atoms with Gasteiger partial charge in [0.25, 0.3) is 0 Å². The van der Waals surface area contributed by atoms with Crippen LogP contribution in [0.1, 0.15) is 5.69 Å². The van der Waals surface area contributed by atoms with Crippen molar-refractivity contribution in [3.8, 4) is 5.88 Å². The van der Waals surface area contributed by atoms with Crippen LogP contribution in [-0.4, -0.2) is 10.3 Å². The first kappa shape index (κ1) is 5.88. The van der Waals surface area contributed by atoms with Gasteiger partial charge in [0.15, 0.2) is 0 Å². The summed E-state index contributed by atoms with van der Waals surface area (Å²) < 4.78 is 0.722. The van der Waals surface area contributed by atoms with E-state index in [9.17, 15) is 0 Å². The zero-order valence-electron chi connectivity index (χ0n) is 5.07.